The molecule has 2 N–H and O–H groups in total. The number of phenolic OH excluding ortho intramolecular Hbond substituents is 1. The number of rotatable bonds is 4. The minimum atomic E-state index is -1.05. The highest BCUT2D eigenvalue weighted by Gasteiger charge is 2.29. The van der Waals surface area contributed by atoms with Gasteiger partial charge in [-0.15, -0.1) is 0 Å². The Morgan fingerprint density at radius 2 is 1.93 bits per heavy atom. The van der Waals surface area contributed by atoms with Gasteiger partial charge in [-0.2, -0.15) is 10.1 Å². The lowest BCUT2D eigenvalue weighted by atomic mass is 10.1. The number of carboxylic acids is 1. The summed E-state index contributed by atoms with van der Waals surface area (Å²) in [5.74, 6) is -1.40. The minimum Gasteiger partial charge on any atom is -0.503 e. The molecule has 0 aliphatic carbocycles. The van der Waals surface area contributed by atoms with Gasteiger partial charge in [-0.25, -0.2) is 4.79 Å². The second-order valence-electron chi connectivity index (χ2n) is 5.77. The standard InChI is InChI=1S/C19H15ClN2O5/c1-10-14(7-11-8-15(20)17(23)16(9-11)27-2)18(24)22(21-10)13-5-3-12(4-6-13)19(25)26/h3-9,23H,1-2H3,(H,25,26)/b14-7+. The zero-order valence-corrected chi connectivity index (χ0v) is 15.2. The number of ether oxygens (including phenoxy) is 1. The number of methoxy groups -OCH3 is 1. The Kier molecular flexibility index (Phi) is 4.87. The highest BCUT2D eigenvalue weighted by molar-refractivity contribution is 6.33. The van der Waals surface area contributed by atoms with Crippen LogP contribution >= 0.6 is 11.6 Å². The van der Waals surface area contributed by atoms with Gasteiger partial charge in [0.05, 0.1) is 34.7 Å². The first-order valence-electron chi connectivity index (χ1n) is 7.83. The maximum absolute atomic E-state index is 12.8. The van der Waals surface area contributed by atoms with Crippen LogP contribution in [0.1, 0.15) is 22.8 Å². The number of hydrogen-bond acceptors (Lipinski definition) is 5. The Morgan fingerprint density at radius 3 is 2.52 bits per heavy atom. The highest BCUT2D eigenvalue weighted by Crippen LogP contribution is 2.36. The molecule has 0 unspecified atom stereocenters. The van der Waals surface area contributed by atoms with Gasteiger partial charge in [0.15, 0.2) is 11.5 Å². The van der Waals surface area contributed by atoms with Crippen LogP contribution < -0.4 is 9.75 Å². The number of carbonyl (C=O) groups excluding carboxylic acids is 1. The van der Waals surface area contributed by atoms with E-state index in [-0.39, 0.29) is 28.0 Å². The predicted octanol–water partition coefficient (Wildman–Crippen LogP) is 3.56. The van der Waals surface area contributed by atoms with Gasteiger partial charge in [-0.3, -0.25) is 4.79 Å². The number of amides is 1. The summed E-state index contributed by atoms with van der Waals surface area (Å²) in [5, 5.41) is 24.3. The molecule has 8 heteroatoms. The normalized spacial score (nSPS) is 15.2. The van der Waals surface area contributed by atoms with E-state index in [0.717, 1.165) is 0 Å². The third-order valence-electron chi connectivity index (χ3n) is 4.00. The average molecular weight is 387 g/mol. The molecule has 2 aromatic rings. The second-order valence-corrected chi connectivity index (χ2v) is 6.17. The van der Waals surface area contributed by atoms with Gasteiger partial charge in [0, 0.05) is 0 Å². The Morgan fingerprint density at radius 1 is 1.26 bits per heavy atom. The maximum Gasteiger partial charge on any atom is 0.335 e. The summed E-state index contributed by atoms with van der Waals surface area (Å²) in [6.45, 7) is 1.69. The van der Waals surface area contributed by atoms with E-state index in [4.69, 9.17) is 21.4 Å². The summed E-state index contributed by atoms with van der Waals surface area (Å²) in [6, 6.07) is 8.91. The molecule has 138 valence electrons. The van der Waals surface area contributed by atoms with Gasteiger partial charge in [0.25, 0.3) is 5.91 Å². The van der Waals surface area contributed by atoms with Crippen molar-refractivity contribution in [1.82, 2.24) is 0 Å². The first-order valence-corrected chi connectivity index (χ1v) is 8.21. The molecular formula is C19H15ClN2O5. The number of aromatic carboxylic acids is 1. The number of nitrogens with zero attached hydrogens (tertiary/aromatic N) is 2. The molecule has 27 heavy (non-hydrogen) atoms. The topological polar surface area (TPSA) is 99.4 Å². The van der Waals surface area contributed by atoms with Crippen molar-refractivity contribution in [2.24, 2.45) is 5.10 Å². The molecule has 1 aliphatic rings. The summed E-state index contributed by atoms with van der Waals surface area (Å²) >= 11 is 5.99. The predicted molar refractivity (Wildman–Crippen MR) is 102 cm³/mol. The van der Waals surface area contributed by atoms with E-state index in [1.807, 2.05) is 0 Å². The molecule has 0 saturated heterocycles. The molecule has 0 fully saturated rings. The molecule has 0 radical (unpaired) electrons. The smallest absolute Gasteiger partial charge is 0.335 e. The number of hydrazone groups is 1. The van der Waals surface area contributed by atoms with Gasteiger partial charge in [0.1, 0.15) is 0 Å². The van der Waals surface area contributed by atoms with E-state index in [1.54, 1.807) is 19.1 Å². The third kappa shape index (κ3) is 3.50. The quantitative estimate of drug-likeness (QED) is 0.782. The summed E-state index contributed by atoms with van der Waals surface area (Å²) in [4.78, 5) is 23.7. The van der Waals surface area contributed by atoms with Gasteiger partial charge >= 0.3 is 5.97 Å². The zero-order valence-electron chi connectivity index (χ0n) is 14.4. The van der Waals surface area contributed by atoms with E-state index in [9.17, 15) is 14.7 Å². The minimum absolute atomic E-state index is 0.0994. The molecule has 7 nitrogen and oxygen atoms in total. The Labute approximate surface area is 159 Å². The van der Waals surface area contributed by atoms with Crippen molar-refractivity contribution in [2.45, 2.75) is 6.92 Å². The molecule has 0 saturated carbocycles. The number of phenols is 1. The van der Waals surface area contributed by atoms with Crippen molar-refractivity contribution in [3.8, 4) is 11.5 Å². The van der Waals surface area contributed by atoms with Crippen molar-refractivity contribution in [2.75, 3.05) is 12.1 Å². The largest absolute Gasteiger partial charge is 0.503 e. The van der Waals surface area contributed by atoms with Crippen LogP contribution in [0, 0.1) is 0 Å². The molecule has 1 amide bonds. The van der Waals surface area contributed by atoms with Gasteiger partial charge in [-0.05, 0) is 55.0 Å². The lowest BCUT2D eigenvalue weighted by molar-refractivity contribution is -0.114. The first kappa shape index (κ1) is 18.5. The lowest BCUT2D eigenvalue weighted by Crippen LogP contribution is -2.21. The summed E-state index contributed by atoms with van der Waals surface area (Å²) in [5.41, 5.74) is 1.98. The van der Waals surface area contributed by atoms with Crippen LogP contribution in [-0.4, -0.2) is 34.9 Å². The van der Waals surface area contributed by atoms with E-state index >= 15 is 0 Å². The molecule has 1 aliphatic heterocycles. The molecule has 0 spiro atoms. The van der Waals surface area contributed by atoms with Crippen molar-refractivity contribution in [3.05, 3.63) is 58.1 Å². The van der Waals surface area contributed by atoms with Crippen LogP contribution in [0.25, 0.3) is 6.08 Å². The van der Waals surface area contributed by atoms with E-state index in [2.05, 4.69) is 5.10 Å². The number of aromatic hydroxyl groups is 1. The molecule has 0 aromatic heterocycles. The van der Waals surface area contributed by atoms with Crippen LogP contribution in [0.4, 0.5) is 5.69 Å². The zero-order chi connectivity index (χ0) is 19.7. The van der Waals surface area contributed by atoms with E-state index < -0.39 is 5.97 Å². The van der Waals surface area contributed by atoms with E-state index in [1.165, 1.54) is 42.5 Å². The van der Waals surface area contributed by atoms with Crippen molar-refractivity contribution < 1.29 is 24.5 Å². The van der Waals surface area contributed by atoms with Crippen molar-refractivity contribution in [3.63, 3.8) is 0 Å². The maximum atomic E-state index is 12.8. The monoisotopic (exact) mass is 386 g/mol. The third-order valence-corrected chi connectivity index (χ3v) is 4.29. The SMILES string of the molecule is COc1cc(/C=C2/C(=O)N(c3ccc(C(=O)O)cc3)N=C2C)cc(Cl)c1O. The molecule has 0 bridgehead atoms. The van der Waals surface area contributed by atoms with Crippen LogP contribution in [0.5, 0.6) is 11.5 Å². The number of benzene rings is 2. The van der Waals surface area contributed by atoms with Gasteiger partial charge in [0.2, 0.25) is 0 Å². The lowest BCUT2D eigenvalue weighted by Gasteiger charge is -2.12. The Hall–Kier alpha value is -3.32. The van der Waals surface area contributed by atoms with Crippen LogP contribution in [0.3, 0.4) is 0 Å². The number of carboxylic acid groups (broad SMARTS) is 1. The number of anilines is 1. The van der Waals surface area contributed by atoms with Crippen molar-refractivity contribution in [1.29, 1.82) is 0 Å². The number of carbonyl (C=O) groups is 2. The van der Waals surface area contributed by atoms with Crippen molar-refractivity contribution >= 4 is 41.0 Å². The van der Waals surface area contributed by atoms with Gasteiger partial charge < -0.3 is 14.9 Å². The Balaban J connectivity index is 1.94. The first-order chi connectivity index (χ1) is 12.8. The molecular weight excluding hydrogens is 372 g/mol. The van der Waals surface area contributed by atoms with Crippen LogP contribution in [-0.2, 0) is 4.79 Å². The fourth-order valence-corrected chi connectivity index (χ4v) is 2.82. The second kappa shape index (κ2) is 7.13. The van der Waals surface area contributed by atoms with Crippen LogP contribution in [0.2, 0.25) is 5.02 Å². The average Bonchev–Trinajstić information content (AvgIpc) is 2.92. The molecule has 0 atom stereocenters. The summed E-state index contributed by atoms with van der Waals surface area (Å²) in [6.07, 6.45) is 1.60. The fourth-order valence-electron chi connectivity index (χ4n) is 2.60. The summed E-state index contributed by atoms with van der Waals surface area (Å²) in [7, 11) is 1.40. The van der Waals surface area contributed by atoms with Gasteiger partial charge in [-0.1, -0.05) is 11.6 Å². The Bertz CT molecular complexity index is 996. The number of hydrogen-bond donors (Lipinski definition) is 2. The molecule has 2 aromatic carbocycles. The summed E-state index contributed by atoms with van der Waals surface area (Å²) < 4.78 is 5.07. The highest BCUT2D eigenvalue weighted by atomic mass is 35.5. The number of halogens is 1. The molecule has 3 rings (SSSR count). The van der Waals surface area contributed by atoms with Crippen LogP contribution in [0.15, 0.2) is 47.1 Å². The van der Waals surface area contributed by atoms with E-state index in [0.29, 0.717) is 22.5 Å². The fraction of sp³-hybridized carbons (Fsp3) is 0.105. The molecule has 1 heterocycles.